The predicted molar refractivity (Wildman–Crippen MR) is 157 cm³/mol. The van der Waals surface area contributed by atoms with Crippen molar-refractivity contribution in [1.82, 2.24) is 9.80 Å². The molecule has 0 bridgehead atoms. The first kappa shape index (κ1) is 29.3. The van der Waals surface area contributed by atoms with Gasteiger partial charge in [0.2, 0.25) is 5.91 Å². The minimum atomic E-state index is -0.673. The largest absolute Gasteiger partial charge is 0.452 e. The Hall–Kier alpha value is -2.71. The van der Waals surface area contributed by atoms with Crippen LogP contribution < -0.4 is 4.90 Å². The molecular weight excluding hydrogens is 510 g/mol. The molecule has 1 saturated carbocycles. The molecule has 1 aromatic heterocycles. The van der Waals surface area contributed by atoms with E-state index in [0.717, 1.165) is 62.1 Å². The topological polar surface area (TPSA) is 70.2 Å². The molecule has 2 aliphatic rings. The van der Waals surface area contributed by atoms with E-state index in [2.05, 4.69) is 18.9 Å². The van der Waals surface area contributed by atoms with Gasteiger partial charge in [0, 0.05) is 23.4 Å². The number of hydrogen-bond acceptors (Lipinski definition) is 6. The Morgan fingerprint density at radius 3 is 2.26 bits per heavy atom. The molecule has 2 fully saturated rings. The normalized spacial score (nSPS) is 20.6. The number of carbonyl (C=O) groups excluding carboxylic acids is 3. The molecule has 0 radical (unpaired) electrons. The van der Waals surface area contributed by atoms with Crippen LogP contribution in [0.25, 0.3) is 10.4 Å². The van der Waals surface area contributed by atoms with Crippen LogP contribution in [-0.2, 0) is 9.53 Å². The van der Waals surface area contributed by atoms with Gasteiger partial charge in [0.05, 0.1) is 12.8 Å². The number of imide groups is 1. The van der Waals surface area contributed by atoms with Gasteiger partial charge in [0.15, 0.2) is 0 Å². The number of thiophene rings is 1. The number of piperidine rings is 1. The summed E-state index contributed by atoms with van der Waals surface area (Å²) in [5.41, 5.74) is 1.62. The summed E-state index contributed by atoms with van der Waals surface area (Å²) in [5.74, 6) is 0.382. The van der Waals surface area contributed by atoms with Crippen LogP contribution in [0.15, 0.2) is 36.4 Å². The average molecular weight is 554 g/mol. The van der Waals surface area contributed by atoms with Crippen LogP contribution in [0.4, 0.5) is 10.5 Å². The summed E-state index contributed by atoms with van der Waals surface area (Å²) in [4.78, 5) is 48.0. The Kier molecular flexibility index (Phi) is 9.83. The standard InChI is InChI=1S/C31H43N3O4S/c1-21(2)20-33(31(37)38-5)30(36)28-26(19-27(39-28)23-9-7-6-8-10-23)34(25-15-17-32(4)18-16-25)29(35)24-13-11-22(3)12-14-24/h6-10,19,21-22,24-25H,11-18,20H2,1-5H3. The summed E-state index contributed by atoms with van der Waals surface area (Å²) < 4.78 is 5.01. The van der Waals surface area contributed by atoms with Crippen molar-refractivity contribution in [3.8, 4) is 10.4 Å². The number of hydrogen-bond donors (Lipinski definition) is 0. The number of ether oxygens (including phenoxy) is 1. The van der Waals surface area contributed by atoms with E-state index >= 15 is 0 Å². The molecule has 0 N–H and O–H groups in total. The molecule has 39 heavy (non-hydrogen) atoms. The van der Waals surface area contributed by atoms with E-state index in [1.54, 1.807) is 0 Å². The number of rotatable bonds is 7. The van der Waals surface area contributed by atoms with Crippen molar-refractivity contribution in [2.24, 2.45) is 17.8 Å². The van der Waals surface area contributed by atoms with Crippen LogP contribution in [0.2, 0.25) is 0 Å². The number of methoxy groups -OCH3 is 1. The van der Waals surface area contributed by atoms with Crippen molar-refractivity contribution in [2.45, 2.75) is 65.3 Å². The fourth-order valence-electron chi connectivity index (χ4n) is 5.75. The molecule has 1 saturated heterocycles. The van der Waals surface area contributed by atoms with Crippen molar-refractivity contribution in [1.29, 1.82) is 0 Å². The van der Waals surface area contributed by atoms with Gasteiger partial charge < -0.3 is 14.5 Å². The highest BCUT2D eigenvalue weighted by molar-refractivity contribution is 7.18. The maximum atomic E-state index is 14.3. The molecule has 2 heterocycles. The van der Waals surface area contributed by atoms with Crippen LogP contribution in [0.3, 0.4) is 0 Å². The Bertz CT molecular complexity index is 1130. The summed E-state index contributed by atoms with van der Waals surface area (Å²) in [6.07, 6.45) is 4.88. The molecule has 3 amide bonds. The average Bonchev–Trinajstić information content (AvgIpc) is 3.38. The predicted octanol–water partition coefficient (Wildman–Crippen LogP) is 6.53. The van der Waals surface area contributed by atoms with Crippen LogP contribution in [0.5, 0.6) is 0 Å². The second kappa shape index (κ2) is 13.1. The summed E-state index contributed by atoms with van der Waals surface area (Å²) >= 11 is 1.36. The molecule has 1 aromatic carbocycles. The zero-order valence-electron chi connectivity index (χ0n) is 24.0. The summed E-state index contributed by atoms with van der Waals surface area (Å²) in [5, 5.41) is 0. The number of nitrogens with zero attached hydrogens (tertiary/aromatic N) is 3. The first-order chi connectivity index (χ1) is 18.7. The lowest BCUT2D eigenvalue weighted by atomic mass is 9.82. The third-order valence-electron chi connectivity index (χ3n) is 8.07. The highest BCUT2D eigenvalue weighted by Crippen LogP contribution is 2.41. The van der Waals surface area contributed by atoms with E-state index in [4.69, 9.17) is 4.74 Å². The number of carbonyl (C=O) groups is 3. The highest BCUT2D eigenvalue weighted by Gasteiger charge is 2.38. The maximum Gasteiger partial charge on any atom is 0.416 e. The van der Waals surface area contributed by atoms with Gasteiger partial charge in [0.1, 0.15) is 4.88 Å². The first-order valence-corrected chi connectivity index (χ1v) is 15.1. The van der Waals surface area contributed by atoms with Gasteiger partial charge in [-0.25, -0.2) is 9.69 Å². The van der Waals surface area contributed by atoms with E-state index in [0.29, 0.717) is 16.5 Å². The van der Waals surface area contributed by atoms with Crippen LogP contribution in [0, 0.1) is 17.8 Å². The second-order valence-electron chi connectivity index (χ2n) is 11.7. The summed E-state index contributed by atoms with van der Waals surface area (Å²) in [6, 6.07) is 11.9. The lowest BCUT2D eigenvalue weighted by Gasteiger charge is -2.40. The van der Waals surface area contributed by atoms with Crippen molar-refractivity contribution < 1.29 is 19.1 Å². The first-order valence-electron chi connectivity index (χ1n) is 14.3. The molecule has 0 spiro atoms. The number of anilines is 1. The van der Waals surface area contributed by atoms with Gasteiger partial charge in [-0.2, -0.15) is 0 Å². The van der Waals surface area contributed by atoms with Crippen molar-refractivity contribution in [3.05, 3.63) is 41.3 Å². The molecule has 212 valence electrons. The number of likely N-dealkylation sites (tertiary alicyclic amines) is 1. The smallest absolute Gasteiger partial charge is 0.416 e. The van der Waals surface area contributed by atoms with E-state index in [1.165, 1.54) is 23.3 Å². The molecule has 1 aliphatic carbocycles. The van der Waals surface area contributed by atoms with E-state index < -0.39 is 12.0 Å². The molecule has 1 aliphatic heterocycles. The monoisotopic (exact) mass is 553 g/mol. The van der Waals surface area contributed by atoms with Gasteiger partial charge in [-0.05, 0) is 82.1 Å². The molecule has 0 unspecified atom stereocenters. The van der Waals surface area contributed by atoms with Crippen LogP contribution in [-0.4, -0.2) is 67.5 Å². The summed E-state index contributed by atoms with van der Waals surface area (Å²) in [6.45, 7) is 8.23. The van der Waals surface area contributed by atoms with Crippen LogP contribution in [0.1, 0.15) is 69.0 Å². The fraction of sp³-hybridized carbons (Fsp3) is 0.581. The van der Waals surface area contributed by atoms with E-state index in [9.17, 15) is 14.4 Å². The van der Waals surface area contributed by atoms with Crippen molar-refractivity contribution in [2.75, 3.05) is 38.7 Å². The third-order valence-corrected chi connectivity index (χ3v) is 9.23. The van der Waals surface area contributed by atoms with Gasteiger partial charge in [0.25, 0.3) is 5.91 Å². The number of benzene rings is 1. The van der Waals surface area contributed by atoms with Gasteiger partial charge in [-0.15, -0.1) is 11.3 Å². The Labute approximate surface area is 237 Å². The van der Waals surface area contributed by atoms with E-state index in [-0.39, 0.29) is 30.3 Å². The quantitative estimate of drug-likeness (QED) is 0.390. The van der Waals surface area contributed by atoms with Crippen molar-refractivity contribution in [3.63, 3.8) is 0 Å². The minimum Gasteiger partial charge on any atom is -0.452 e. The molecule has 2 aromatic rings. The molecule has 0 atom stereocenters. The van der Waals surface area contributed by atoms with Gasteiger partial charge >= 0.3 is 6.09 Å². The highest BCUT2D eigenvalue weighted by atomic mass is 32.1. The van der Waals surface area contributed by atoms with Crippen LogP contribution >= 0.6 is 11.3 Å². The minimum absolute atomic E-state index is 0.00880. The van der Waals surface area contributed by atoms with Gasteiger partial charge in [-0.3, -0.25) is 9.59 Å². The Balaban J connectivity index is 1.82. The molecule has 8 heteroatoms. The maximum absolute atomic E-state index is 14.3. The third kappa shape index (κ3) is 6.90. The van der Waals surface area contributed by atoms with Gasteiger partial charge in [-0.1, -0.05) is 51.1 Å². The second-order valence-corrected chi connectivity index (χ2v) is 12.7. The molecule has 7 nitrogen and oxygen atoms in total. The van der Waals surface area contributed by atoms with E-state index in [1.807, 2.05) is 55.1 Å². The lowest BCUT2D eigenvalue weighted by molar-refractivity contribution is -0.124. The molecular formula is C31H43N3O4S. The number of amides is 3. The zero-order valence-corrected chi connectivity index (χ0v) is 24.8. The Morgan fingerprint density at radius 2 is 1.67 bits per heavy atom. The lowest BCUT2D eigenvalue weighted by Crippen LogP contribution is -2.50. The summed E-state index contributed by atoms with van der Waals surface area (Å²) in [7, 11) is 3.41. The fourth-order valence-corrected chi connectivity index (χ4v) is 6.85. The SMILES string of the molecule is COC(=O)N(CC(C)C)C(=O)c1sc(-c2ccccc2)cc1N(C(=O)C1CCC(C)CC1)C1CCN(C)CC1. The molecule has 4 rings (SSSR count). The zero-order chi connectivity index (χ0) is 28.1. The van der Waals surface area contributed by atoms with Crippen molar-refractivity contribution >= 4 is 34.9 Å². The Morgan fingerprint density at radius 1 is 1.03 bits per heavy atom.